The van der Waals surface area contributed by atoms with Gasteiger partial charge in [0.15, 0.2) is 0 Å². The lowest BCUT2D eigenvalue weighted by Gasteiger charge is -2.27. The molecule has 0 fully saturated rings. The highest BCUT2D eigenvalue weighted by Gasteiger charge is 2.18. The van der Waals surface area contributed by atoms with E-state index in [1.54, 1.807) is 7.11 Å². The molecule has 0 aliphatic rings. The van der Waals surface area contributed by atoms with Gasteiger partial charge in [-0.2, -0.15) is 0 Å². The number of rotatable bonds is 8. The zero-order valence-electron chi connectivity index (χ0n) is 13.5. The Morgan fingerprint density at radius 3 is 2.70 bits per heavy atom. The largest absolute Gasteiger partial charge is 0.496 e. The molecule has 20 heavy (non-hydrogen) atoms. The van der Waals surface area contributed by atoms with Gasteiger partial charge in [0.2, 0.25) is 0 Å². The molecule has 1 aromatic rings. The molecule has 1 unspecified atom stereocenters. The highest BCUT2D eigenvalue weighted by molar-refractivity contribution is 5.61. The summed E-state index contributed by atoms with van der Waals surface area (Å²) in [5, 5.41) is 3.54. The van der Waals surface area contributed by atoms with Crippen LogP contribution in [0.1, 0.15) is 38.8 Å². The molecule has 1 atom stereocenters. The number of ether oxygens (including phenoxy) is 1. The van der Waals surface area contributed by atoms with Crippen LogP contribution in [0.25, 0.3) is 0 Å². The van der Waals surface area contributed by atoms with E-state index >= 15 is 0 Å². The number of hydrogen-bond acceptors (Lipinski definition) is 3. The minimum absolute atomic E-state index is 0.258. The van der Waals surface area contributed by atoms with Crippen molar-refractivity contribution in [2.24, 2.45) is 0 Å². The molecule has 0 heterocycles. The molecule has 0 aromatic heterocycles. The summed E-state index contributed by atoms with van der Waals surface area (Å²) in [7, 11) is 3.83. The zero-order chi connectivity index (χ0) is 15.1. The summed E-state index contributed by atoms with van der Waals surface area (Å²) >= 11 is 0. The average molecular weight is 276 g/mol. The predicted octanol–water partition coefficient (Wildman–Crippen LogP) is 3.77. The number of likely N-dealkylation sites (N-methyl/N-ethyl adjacent to an activating group) is 1. The number of anilines is 1. The van der Waals surface area contributed by atoms with Crippen LogP contribution in [0.3, 0.4) is 0 Å². The van der Waals surface area contributed by atoms with Crippen LogP contribution in [0.15, 0.2) is 30.4 Å². The fourth-order valence-corrected chi connectivity index (χ4v) is 2.43. The second-order valence-electron chi connectivity index (χ2n) is 5.38. The molecular weight excluding hydrogens is 248 g/mol. The van der Waals surface area contributed by atoms with Crippen molar-refractivity contribution in [3.63, 3.8) is 0 Å². The Bertz CT molecular complexity index is 443. The number of methoxy groups -OCH3 is 1. The Hall–Kier alpha value is -1.48. The molecule has 3 nitrogen and oxygen atoms in total. The van der Waals surface area contributed by atoms with E-state index in [-0.39, 0.29) is 6.04 Å². The Balaban J connectivity index is 3.12. The summed E-state index contributed by atoms with van der Waals surface area (Å²) in [6.07, 6.45) is 1.12. The van der Waals surface area contributed by atoms with Gasteiger partial charge in [0.1, 0.15) is 5.75 Å². The molecule has 0 saturated heterocycles. The molecule has 1 rings (SSSR count). The van der Waals surface area contributed by atoms with Gasteiger partial charge >= 0.3 is 0 Å². The first-order valence-electron chi connectivity index (χ1n) is 7.27. The number of hydrogen-bond donors (Lipinski definition) is 1. The summed E-state index contributed by atoms with van der Waals surface area (Å²) in [6.45, 7) is 12.3. The molecule has 0 bridgehead atoms. The first kappa shape index (κ1) is 16.6. The van der Waals surface area contributed by atoms with Crippen molar-refractivity contribution in [1.82, 2.24) is 5.32 Å². The van der Waals surface area contributed by atoms with Crippen LogP contribution in [-0.2, 0) is 0 Å². The van der Waals surface area contributed by atoms with Crippen molar-refractivity contribution in [1.29, 1.82) is 0 Å². The maximum Gasteiger partial charge on any atom is 0.125 e. The fraction of sp³-hybridized carbons (Fsp3) is 0.529. The third kappa shape index (κ3) is 4.27. The van der Waals surface area contributed by atoms with Gasteiger partial charge in [-0.1, -0.05) is 25.1 Å². The van der Waals surface area contributed by atoms with Crippen LogP contribution in [0.4, 0.5) is 5.69 Å². The van der Waals surface area contributed by atoms with Crippen LogP contribution < -0.4 is 15.0 Å². The van der Waals surface area contributed by atoms with E-state index in [0.717, 1.165) is 30.8 Å². The molecule has 0 radical (unpaired) electrons. The SMILES string of the molecule is C=C(C)CN(C)c1cccc(OC)c1C(C)NCCC. The highest BCUT2D eigenvalue weighted by atomic mass is 16.5. The molecule has 0 aliphatic heterocycles. The van der Waals surface area contributed by atoms with Crippen LogP contribution in [0.5, 0.6) is 5.75 Å². The summed E-state index contributed by atoms with van der Waals surface area (Å²) in [5.74, 6) is 0.937. The number of benzene rings is 1. The third-order valence-corrected chi connectivity index (χ3v) is 3.31. The molecule has 0 aliphatic carbocycles. The van der Waals surface area contributed by atoms with Crippen molar-refractivity contribution >= 4 is 5.69 Å². The maximum atomic E-state index is 5.55. The molecule has 1 N–H and O–H groups in total. The van der Waals surface area contributed by atoms with E-state index in [0.29, 0.717) is 0 Å². The smallest absolute Gasteiger partial charge is 0.125 e. The van der Waals surface area contributed by atoms with E-state index in [4.69, 9.17) is 4.74 Å². The lowest BCUT2D eigenvalue weighted by atomic mass is 10.0. The van der Waals surface area contributed by atoms with E-state index in [2.05, 4.69) is 50.7 Å². The van der Waals surface area contributed by atoms with E-state index < -0.39 is 0 Å². The van der Waals surface area contributed by atoms with Crippen molar-refractivity contribution in [3.05, 3.63) is 35.9 Å². The van der Waals surface area contributed by atoms with E-state index in [9.17, 15) is 0 Å². The van der Waals surface area contributed by atoms with Crippen LogP contribution in [-0.4, -0.2) is 27.2 Å². The van der Waals surface area contributed by atoms with E-state index in [1.165, 1.54) is 11.3 Å². The van der Waals surface area contributed by atoms with Crippen LogP contribution in [0.2, 0.25) is 0 Å². The minimum atomic E-state index is 0.258. The second-order valence-corrected chi connectivity index (χ2v) is 5.38. The van der Waals surface area contributed by atoms with Gasteiger partial charge in [-0.3, -0.25) is 0 Å². The lowest BCUT2D eigenvalue weighted by molar-refractivity contribution is 0.402. The van der Waals surface area contributed by atoms with Crippen LogP contribution in [0, 0.1) is 0 Å². The quantitative estimate of drug-likeness (QED) is 0.732. The van der Waals surface area contributed by atoms with Crippen molar-refractivity contribution in [2.75, 3.05) is 32.1 Å². The molecule has 0 amide bonds. The summed E-state index contributed by atoms with van der Waals surface area (Å²) < 4.78 is 5.55. The average Bonchev–Trinajstić information content (AvgIpc) is 2.42. The number of nitrogens with one attached hydrogen (secondary N) is 1. The van der Waals surface area contributed by atoms with E-state index in [1.807, 2.05) is 12.1 Å². The topological polar surface area (TPSA) is 24.5 Å². The summed E-state index contributed by atoms with van der Waals surface area (Å²) in [6, 6.07) is 6.47. The standard InChI is InChI=1S/C17H28N2O/c1-7-11-18-14(4)17-15(19(5)12-13(2)3)9-8-10-16(17)20-6/h8-10,14,18H,2,7,11-12H2,1,3-6H3. The molecule has 0 spiro atoms. The minimum Gasteiger partial charge on any atom is -0.496 e. The normalized spacial score (nSPS) is 12.1. The molecule has 1 aromatic carbocycles. The van der Waals surface area contributed by atoms with Gasteiger partial charge in [-0.05, 0) is 38.9 Å². The van der Waals surface area contributed by atoms with Gasteiger partial charge in [-0.25, -0.2) is 0 Å². The Labute approximate surface area is 123 Å². The monoisotopic (exact) mass is 276 g/mol. The van der Waals surface area contributed by atoms with Crippen molar-refractivity contribution < 1.29 is 4.74 Å². The molecule has 3 heteroatoms. The molecular formula is C17H28N2O. The van der Waals surface area contributed by atoms with Crippen molar-refractivity contribution in [3.8, 4) is 5.75 Å². The lowest BCUT2D eigenvalue weighted by Crippen LogP contribution is -2.25. The summed E-state index contributed by atoms with van der Waals surface area (Å²) in [5.41, 5.74) is 3.56. The first-order chi connectivity index (χ1) is 9.51. The molecule has 0 saturated carbocycles. The van der Waals surface area contributed by atoms with Gasteiger partial charge in [0.25, 0.3) is 0 Å². The molecule has 112 valence electrons. The Morgan fingerprint density at radius 1 is 1.45 bits per heavy atom. The maximum absolute atomic E-state index is 5.55. The highest BCUT2D eigenvalue weighted by Crippen LogP contribution is 2.34. The zero-order valence-corrected chi connectivity index (χ0v) is 13.5. The number of nitrogens with zero attached hydrogens (tertiary/aromatic N) is 1. The second kappa shape index (κ2) is 7.95. The fourth-order valence-electron chi connectivity index (χ4n) is 2.43. The third-order valence-electron chi connectivity index (χ3n) is 3.31. The van der Waals surface area contributed by atoms with Crippen LogP contribution >= 0.6 is 0 Å². The summed E-state index contributed by atoms with van der Waals surface area (Å²) in [4.78, 5) is 2.23. The van der Waals surface area contributed by atoms with Gasteiger partial charge in [0.05, 0.1) is 7.11 Å². The Kier molecular flexibility index (Phi) is 6.59. The first-order valence-corrected chi connectivity index (χ1v) is 7.27. The van der Waals surface area contributed by atoms with Gasteiger partial charge in [-0.15, -0.1) is 0 Å². The Morgan fingerprint density at radius 2 is 2.15 bits per heavy atom. The van der Waals surface area contributed by atoms with Gasteiger partial charge in [0, 0.05) is 30.9 Å². The predicted molar refractivity (Wildman–Crippen MR) is 87.8 cm³/mol. The van der Waals surface area contributed by atoms with Crippen molar-refractivity contribution in [2.45, 2.75) is 33.2 Å². The van der Waals surface area contributed by atoms with Gasteiger partial charge < -0.3 is 15.0 Å².